The van der Waals surface area contributed by atoms with E-state index in [0.29, 0.717) is 0 Å². The highest BCUT2D eigenvalue weighted by Gasteiger charge is 2.27. The number of allylic oxidation sites excluding steroid dienone is 3. The number of nitrogens with zero attached hydrogens (tertiary/aromatic N) is 2. The lowest BCUT2D eigenvalue weighted by atomic mass is 9.83. The molecule has 5 nitrogen and oxygen atoms in total. The third-order valence-corrected chi connectivity index (χ3v) is 14.0. The summed E-state index contributed by atoms with van der Waals surface area (Å²) < 4.78 is 11.2. The minimum atomic E-state index is -1.93. The summed E-state index contributed by atoms with van der Waals surface area (Å²) in [6.07, 6.45) is 9.03. The van der Waals surface area contributed by atoms with Crippen LogP contribution in [0.25, 0.3) is 11.1 Å². The summed E-state index contributed by atoms with van der Waals surface area (Å²) in [5.41, 5.74) is 13.7. The Labute approximate surface area is 312 Å². The molecule has 7 heteroatoms. The van der Waals surface area contributed by atoms with Crippen molar-refractivity contribution in [1.82, 2.24) is 0 Å². The Hall–Kier alpha value is -3.88. The second-order valence-electron chi connectivity index (χ2n) is 13.8. The molecule has 0 bridgehead atoms. The van der Waals surface area contributed by atoms with Gasteiger partial charge in [0.25, 0.3) is 0 Å². The van der Waals surface area contributed by atoms with Crippen molar-refractivity contribution in [2.24, 2.45) is 0 Å². The number of fused-ring (bicyclic) bond motifs is 1. The molecule has 0 spiro atoms. The van der Waals surface area contributed by atoms with Crippen molar-refractivity contribution in [1.29, 1.82) is 0 Å². The molecule has 0 amide bonds. The minimum absolute atomic E-state index is 0.877. The van der Waals surface area contributed by atoms with Crippen molar-refractivity contribution in [2.45, 2.75) is 38.3 Å². The topological polar surface area (TPSA) is 38.9 Å². The van der Waals surface area contributed by atoms with Crippen LogP contribution in [0.1, 0.15) is 46.2 Å². The highest BCUT2D eigenvalue weighted by atomic mass is 32.2. The fourth-order valence-electron chi connectivity index (χ4n) is 6.48. The van der Waals surface area contributed by atoms with Gasteiger partial charge in [0.1, 0.15) is 6.54 Å². The van der Waals surface area contributed by atoms with Crippen molar-refractivity contribution in [3.05, 3.63) is 143 Å². The van der Waals surface area contributed by atoms with Crippen LogP contribution in [-0.4, -0.2) is 74.7 Å². The molecule has 4 aromatic rings. The molecule has 4 aromatic carbocycles. The van der Waals surface area contributed by atoms with Gasteiger partial charge in [-0.25, -0.2) is 4.99 Å². The zero-order valence-corrected chi connectivity index (χ0v) is 33.5. The van der Waals surface area contributed by atoms with E-state index in [1.165, 1.54) is 79.5 Å². The second-order valence-corrected chi connectivity index (χ2v) is 18.6. The Kier molecular flexibility index (Phi) is 14.0. The molecule has 0 radical (unpaired) electrons. The van der Waals surface area contributed by atoms with E-state index in [1.807, 2.05) is 11.8 Å². The largest absolute Gasteiger partial charge is 0.398 e. The number of hydrogen-bond donors (Lipinski definition) is 1. The zero-order chi connectivity index (χ0) is 36.2. The van der Waals surface area contributed by atoms with E-state index < -0.39 is 8.56 Å². The molecule has 0 saturated carbocycles. The van der Waals surface area contributed by atoms with Gasteiger partial charge in [-0.05, 0) is 119 Å². The molecule has 1 aliphatic carbocycles. The average Bonchev–Trinajstić information content (AvgIpc) is 3.16. The van der Waals surface area contributed by atoms with E-state index in [4.69, 9.17) is 8.85 Å². The molecule has 268 valence electrons. The van der Waals surface area contributed by atoms with Gasteiger partial charge < -0.3 is 18.7 Å². The van der Waals surface area contributed by atoms with E-state index in [-0.39, 0.29) is 0 Å². The van der Waals surface area contributed by atoms with Crippen molar-refractivity contribution >= 4 is 48.6 Å². The van der Waals surface area contributed by atoms with Crippen molar-refractivity contribution in [3.8, 4) is 0 Å². The molecule has 0 aromatic heterocycles. The van der Waals surface area contributed by atoms with Gasteiger partial charge in [0, 0.05) is 66.3 Å². The van der Waals surface area contributed by atoms with Crippen LogP contribution in [0.15, 0.2) is 109 Å². The van der Waals surface area contributed by atoms with Gasteiger partial charge in [-0.3, -0.25) is 0 Å². The molecular weight excluding hydrogens is 663 g/mol. The lowest BCUT2D eigenvalue weighted by Gasteiger charge is -2.22. The third-order valence-electron chi connectivity index (χ3n) is 9.83. The predicted octanol–water partition coefficient (Wildman–Crippen LogP) is 7.88. The number of aryl methyl sites for hydroxylation is 1. The van der Waals surface area contributed by atoms with Crippen LogP contribution in [0.3, 0.4) is 0 Å². The number of thioether (sulfide) groups is 1. The Morgan fingerprint density at radius 1 is 0.647 bits per heavy atom. The molecule has 1 N–H and O–H groups in total. The Morgan fingerprint density at radius 2 is 1.18 bits per heavy atom. The SMILES string of the molecule is CO[Si](C)(CCCSCCCc1ccc(CC[NH+]=C2C=CC(=C(c3ccc(N(C)C)cc3)c3ccc(N(C)C)cc3)c3ccccc32)cc1)OC. The molecule has 0 atom stereocenters. The molecule has 0 aliphatic heterocycles. The lowest BCUT2D eigenvalue weighted by Crippen LogP contribution is -2.73. The summed E-state index contributed by atoms with van der Waals surface area (Å²) in [4.78, 5) is 8.07. The monoisotopic (exact) mass is 718 g/mol. The fourth-order valence-corrected chi connectivity index (χ4v) is 9.03. The van der Waals surface area contributed by atoms with Crippen LogP contribution >= 0.6 is 11.8 Å². The van der Waals surface area contributed by atoms with Gasteiger partial charge in [0.15, 0.2) is 0 Å². The quantitative estimate of drug-likeness (QED) is 0.0889. The first kappa shape index (κ1) is 38.4. The minimum Gasteiger partial charge on any atom is -0.398 e. The van der Waals surface area contributed by atoms with Gasteiger partial charge in [-0.15, -0.1) is 0 Å². The summed E-state index contributed by atoms with van der Waals surface area (Å²) in [7, 11) is 9.97. The van der Waals surface area contributed by atoms with E-state index in [0.717, 1.165) is 31.9 Å². The Bertz CT molecular complexity index is 1740. The van der Waals surface area contributed by atoms with Crippen LogP contribution in [-0.2, 0) is 21.7 Å². The molecule has 0 saturated heterocycles. The Balaban J connectivity index is 1.25. The predicted molar refractivity (Wildman–Crippen MR) is 224 cm³/mol. The van der Waals surface area contributed by atoms with Gasteiger partial charge in [-0.1, -0.05) is 66.7 Å². The third kappa shape index (κ3) is 10.4. The summed E-state index contributed by atoms with van der Waals surface area (Å²) in [6.45, 7) is 3.02. The number of benzene rings is 4. The first-order valence-electron chi connectivity index (χ1n) is 18.2. The molecule has 0 unspecified atom stereocenters. The molecular formula is C44H56N3O2SSi+. The van der Waals surface area contributed by atoms with Crippen LogP contribution < -0.4 is 14.8 Å². The summed E-state index contributed by atoms with van der Waals surface area (Å²) in [5.74, 6) is 2.37. The van der Waals surface area contributed by atoms with Gasteiger partial charge in [0.05, 0.1) is 5.56 Å². The second kappa shape index (κ2) is 18.6. The molecule has 5 rings (SSSR count). The maximum absolute atomic E-state index is 5.60. The van der Waals surface area contributed by atoms with Crippen LogP contribution in [0.5, 0.6) is 0 Å². The van der Waals surface area contributed by atoms with Crippen molar-refractivity contribution in [2.75, 3.05) is 70.3 Å². The normalized spacial score (nSPS) is 13.4. The maximum atomic E-state index is 5.60. The van der Waals surface area contributed by atoms with Gasteiger partial charge in [-0.2, -0.15) is 11.8 Å². The Morgan fingerprint density at radius 3 is 1.73 bits per heavy atom. The number of rotatable bonds is 17. The van der Waals surface area contributed by atoms with E-state index in [2.05, 4.69) is 159 Å². The number of anilines is 2. The first-order valence-corrected chi connectivity index (χ1v) is 21.8. The average molecular weight is 719 g/mol. The molecule has 0 heterocycles. The number of hydrogen-bond acceptors (Lipinski definition) is 5. The first-order chi connectivity index (χ1) is 24.7. The highest BCUT2D eigenvalue weighted by molar-refractivity contribution is 7.99. The highest BCUT2D eigenvalue weighted by Crippen LogP contribution is 2.37. The molecule has 0 fully saturated rings. The van der Waals surface area contributed by atoms with E-state index >= 15 is 0 Å². The molecule has 1 aliphatic rings. The van der Waals surface area contributed by atoms with Crippen LogP contribution in [0, 0.1) is 0 Å². The smallest absolute Gasteiger partial charge is 0.334 e. The summed E-state index contributed by atoms with van der Waals surface area (Å²) in [6, 6.07) is 36.9. The standard InChI is InChI=1S/C44H55N3O2SSi/c1-46(2)38-23-19-36(20-24-38)44(37-21-25-39(26-22-37)47(3)4)42-27-28-43(41-14-9-8-13-40(41)42)45-30-29-35-17-15-34(16-18-35)12-10-31-50-32-11-33-51(7,48-5)49-6/h8-9,13-28H,10-12,29-33H2,1-7H3/p+1. The van der Waals surface area contributed by atoms with Crippen LogP contribution in [0.4, 0.5) is 11.4 Å². The molecule has 51 heavy (non-hydrogen) atoms. The fraction of sp³-hybridized carbons (Fsp3) is 0.341. The van der Waals surface area contributed by atoms with Crippen molar-refractivity contribution in [3.63, 3.8) is 0 Å². The lowest BCUT2D eigenvalue weighted by molar-refractivity contribution is -0.454. The van der Waals surface area contributed by atoms with Gasteiger partial charge in [0.2, 0.25) is 5.71 Å². The number of nitrogens with one attached hydrogen (secondary N) is 1. The van der Waals surface area contributed by atoms with Gasteiger partial charge >= 0.3 is 8.56 Å². The maximum Gasteiger partial charge on any atom is 0.334 e. The summed E-state index contributed by atoms with van der Waals surface area (Å²) in [5, 5.41) is 0. The van der Waals surface area contributed by atoms with Crippen LogP contribution in [0.2, 0.25) is 12.6 Å². The van der Waals surface area contributed by atoms with E-state index in [9.17, 15) is 0 Å². The summed E-state index contributed by atoms with van der Waals surface area (Å²) >= 11 is 2.05. The van der Waals surface area contributed by atoms with Crippen molar-refractivity contribution < 1.29 is 13.8 Å². The van der Waals surface area contributed by atoms with E-state index in [1.54, 1.807) is 14.2 Å². The zero-order valence-electron chi connectivity index (χ0n) is 31.7.